The van der Waals surface area contributed by atoms with Crippen LogP contribution in [-0.4, -0.2) is 30.3 Å². The predicted octanol–water partition coefficient (Wildman–Crippen LogP) is 2.45. The Morgan fingerprint density at radius 1 is 1.55 bits per heavy atom. The maximum absolute atomic E-state index is 11.3. The highest BCUT2D eigenvalue weighted by Gasteiger charge is 2.19. The normalized spacial score (nSPS) is 21.7. The number of carbonyl (C=O) groups is 1. The van der Waals surface area contributed by atoms with Crippen molar-refractivity contribution >= 4 is 28.6 Å². The Morgan fingerprint density at radius 2 is 2.40 bits per heavy atom. The lowest BCUT2D eigenvalue weighted by Crippen LogP contribution is -2.25. The van der Waals surface area contributed by atoms with Crippen molar-refractivity contribution in [3.8, 4) is 0 Å². The van der Waals surface area contributed by atoms with Crippen molar-refractivity contribution < 1.29 is 4.79 Å². The summed E-state index contributed by atoms with van der Waals surface area (Å²) in [6, 6.07) is 0. The molecule has 110 valence electrons. The smallest absolute Gasteiger partial charge is 0.225 e. The average Bonchev–Trinajstić information content (AvgIpc) is 2.86. The van der Waals surface area contributed by atoms with Gasteiger partial charge < -0.3 is 10.6 Å². The van der Waals surface area contributed by atoms with E-state index >= 15 is 0 Å². The summed E-state index contributed by atoms with van der Waals surface area (Å²) in [6.45, 7) is 2.22. The van der Waals surface area contributed by atoms with E-state index in [1.807, 2.05) is 11.6 Å². The zero-order valence-corrected chi connectivity index (χ0v) is 12.9. The van der Waals surface area contributed by atoms with Crippen LogP contribution in [0.5, 0.6) is 0 Å². The summed E-state index contributed by atoms with van der Waals surface area (Å²) in [5, 5.41) is 8.74. The Morgan fingerprint density at radius 3 is 3.15 bits per heavy atom. The first-order chi connectivity index (χ1) is 9.71. The molecule has 20 heavy (non-hydrogen) atoms. The van der Waals surface area contributed by atoms with E-state index < -0.39 is 0 Å². The Kier molecular flexibility index (Phi) is 5.52. The van der Waals surface area contributed by atoms with Gasteiger partial charge in [0.15, 0.2) is 5.13 Å². The van der Waals surface area contributed by atoms with Crippen LogP contribution in [0.1, 0.15) is 38.3 Å². The second-order valence-corrected chi connectivity index (χ2v) is 5.97. The van der Waals surface area contributed by atoms with Crippen LogP contribution in [0, 0.1) is 5.92 Å². The fraction of sp³-hybridized carbons (Fsp3) is 0.643. The van der Waals surface area contributed by atoms with Crippen LogP contribution in [0.15, 0.2) is 10.4 Å². The largest absolute Gasteiger partial charge is 0.359 e. The van der Waals surface area contributed by atoms with Crippen molar-refractivity contribution in [2.75, 3.05) is 12.4 Å². The lowest BCUT2D eigenvalue weighted by molar-refractivity contribution is -0.120. The molecule has 0 spiro atoms. The second kappa shape index (κ2) is 7.38. The third-order valence-electron chi connectivity index (χ3n) is 3.44. The molecule has 0 saturated carbocycles. The summed E-state index contributed by atoms with van der Waals surface area (Å²) < 4.78 is 0. The van der Waals surface area contributed by atoms with Gasteiger partial charge in [0, 0.05) is 18.6 Å². The van der Waals surface area contributed by atoms with Crippen LogP contribution in [0.2, 0.25) is 0 Å². The average molecular weight is 294 g/mol. The van der Waals surface area contributed by atoms with E-state index in [-0.39, 0.29) is 12.1 Å². The number of aliphatic imine (C=N–C) groups is 1. The predicted molar refractivity (Wildman–Crippen MR) is 83.4 cm³/mol. The summed E-state index contributed by atoms with van der Waals surface area (Å²) in [5.74, 6) is 0.709. The summed E-state index contributed by atoms with van der Waals surface area (Å²) in [7, 11) is 1.64. The van der Waals surface area contributed by atoms with Crippen molar-refractivity contribution in [2.45, 2.75) is 45.2 Å². The molecule has 1 aromatic heterocycles. The number of nitrogens with zero attached hydrogens (tertiary/aromatic N) is 2. The van der Waals surface area contributed by atoms with Gasteiger partial charge in [-0.25, -0.2) is 4.98 Å². The fourth-order valence-electron chi connectivity index (χ4n) is 2.40. The molecule has 1 aliphatic heterocycles. The lowest BCUT2D eigenvalue weighted by Gasteiger charge is -2.24. The monoisotopic (exact) mass is 294 g/mol. The molecule has 0 aliphatic carbocycles. The number of hydrogen-bond acceptors (Lipinski definition) is 5. The van der Waals surface area contributed by atoms with Crippen LogP contribution >= 0.6 is 11.3 Å². The molecular formula is C14H22N4OS. The number of aromatic nitrogens is 1. The molecule has 2 rings (SSSR count). The van der Waals surface area contributed by atoms with Gasteiger partial charge in [-0.15, -0.1) is 11.3 Å². The zero-order chi connectivity index (χ0) is 14.4. The van der Waals surface area contributed by atoms with Gasteiger partial charge in [0.05, 0.1) is 12.1 Å². The number of amides is 1. The number of rotatable bonds is 6. The van der Waals surface area contributed by atoms with Gasteiger partial charge in [0.1, 0.15) is 6.17 Å². The third-order valence-corrected chi connectivity index (χ3v) is 4.26. The molecule has 5 nitrogen and oxygen atoms in total. The lowest BCUT2D eigenvalue weighted by atomic mass is 9.93. The van der Waals surface area contributed by atoms with Gasteiger partial charge in [-0.3, -0.25) is 9.79 Å². The van der Waals surface area contributed by atoms with E-state index in [9.17, 15) is 4.79 Å². The van der Waals surface area contributed by atoms with Gasteiger partial charge in [-0.1, -0.05) is 19.8 Å². The zero-order valence-electron chi connectivity index (χ0n) is 12.1. The molecule has 1 aromatic rings. The first-order valence-electron chi connectivity index (χ1n) is 7.14. The molecule has 2 atom stereocenters. The minimum absolute atomic E-state index is 0.0134. The van der Waals surface area contributed by atoms with Crippen molar-refractivity contribution in [3.05, 3.63) is 11.1 Å². The fourth-order valence-corrected chi connectivity index (χ4v) is 3.16. The number of carbonyl (C=O) groups excluding carboxylic acids is 1. The molecule has 0 bridgehead atoms. The highest BCUT2D eigenvalue weighted by atomic mass is 32.1. The van der Waals surface area contributed by atoms with Crippen LogP contribution < -0.4 is 10.6 Å². The highest BCUT2D eigenvalue weighted by Crippen LogP contribution is 2.24. The van der Waals surface area contributed by atoms with E-state index in [0.29, 0.717) is 6.42 Å². The van der Waals surface area contributed by atoms with Crippen LogP contribution in [0.4, 0.5) is 5.13 Å². The third kappa shape index (κ3) is 4.30. The van der Waals surface area contributed by atoms with Gasteiger partial charge in [-0.05, 0) is 18.8 Å². The van der Waals surface area contributed by atoms with Crippen LogP contribution in [0.25, 0.3) is 0 Å². The molecule has 0 fully saturated rings. The summed E-state index contributed by atoms with van der Waals surface area (Å²) in [5.41, 5.74) is 0.807. The van der Waals surface area contributed by atoms with Gasteiger partial charge >= 0.3 is 0 Å². The van der Waals surface area contributed by atoms with Crippen molar-refractivity contribution in [3.63, 3.8) is 0 Å². The topological polar surface area (TPSA) is 66.4 Å². The molecular weight excluding hydrogens is 272 g/mol. The van der Waals surface area contributed by atoms with Crippen LogP contribution in [-0.2, 0) is 11.2 Å². The Bertz CT molecular complexity index is 471. The van der Waals surface area contributed by atoms with Gasteiger partial charge in [-0.2, -0.15) is 0 Å². The maximum Gasteiger partial charge on any atom is 0.225 e. The number of anilines is 1. The molecule has 0 aromatic carbocycles. The molecule has 6 heteroatoms. The quantitative estimate of drug-likeness (QED) is 0.847. The SMILES string of the molecule is CCCC1CC=NC(Nc2nc(CC(=O)NC)cs2)C1. The Labute approximate surface area is 123 Å². The second-order valence-electron chi connectivity index (χ2n) is 5.11. The molecule has 2 unspecified atom stereocenters. The molecule has 0 saturated heterocycles. The van der Waals surface area contributed by atoms with E-state index in [4.69, 9.17) is 0 Å². The first-order valence-corrected chi connectivity index (χ1v) is 8.02. The Hall–Kier alpha value is -1.43. The minimum Gasteiger partial charge on any atom is -0.359 e. The van der Waals surface area contributed by atoms with Crippen molar-refractivity contribution in [2.24, 2.45) is 10.9 Å². The first kappa shape index (κ1) is 15.0. The summed E-state index contributed by atoms with van der Waals surface area (Å²) in [4.78, 5) is 20.2. The van der Waals surface area contributed by atoms with Gasteiger partial charge in [0.25, 0.3) is 0 Å². The number of nitrogens with one attached hydrogen (secondary N) is 2. The number of likely N-dealkylation sites (N-methyl/N-ethyl adjacent to an activating group) is 1. The number of hydrogen-bond donors (Lipinski definition) is 2. The summed E-state index contributed by atoms with van der Waals surface area (Å²) in [6.07, 6.45) is 7.12. The Balaban J connectivity index is 1.88. The van der Waals surface area contributed by atoms with Crippen molar-refractivity contribution in [1.29, 1.82) is 0 Å². The minimum atomic E-state index is -0.0134. The standard InChI is InChI=1S/C14H22N4OS/c1-3-4-10-5-6-16-12(7-10)18-14-17-11(9-20-14)8-13(19)15-2/h6,9-10,12H,3-5,7-8H2,1-2H3,(H,15,19)(H,17,18). The molecule has 1 amide bonds. The molecule has 0 radical (unpaired) electrons. The van der Waals surface area contributed by atoms with E-state index in [0.717, 1.165) is 29.6 Å². The van der Waals surface area contributed by atoms with E-state index in [1.54, 1.807) is 7.05 Å². The van der Waals surface area contributed by atoms with E-state index in [1.165, 1.54) is 24.2 Å². The van der Waals surface area contributed by atoms with E-state index in [2.05, 4.69) is 27.5 Å². The van der Waals surface area contributed by atoms with Crippen molar-refractivity contribution in [1.82, 2.24) is 10.3 Å². The van der Waals surface area contributed by atoms with Crippen LogP contribution in [0.3, 0.4) is 0 Å². The summed E-state index contributed by atoms with van der Waals surface area (Å²) >= 11 is 1.53. The molecule has 1 aliphatic rings. The molecule has 2 N–H and O–H groups in total. The van der Waals surface area contributed by atoms with Gasteiger partial charge in [0.2, 0.25) is 5.91 Å². The number of thiazole rings is 1. The molecule has 2 heterocycles. The maximum atomic E-state index is 11.3. The highest BCUT2D eigenvalue weighted by molar-refractivity contribution is 7.13.